The molecule has 2 unspecified atom stereocenters. The van der Waals surface area contributed by atoms with Crippen LogP contribution in [0.1, 0.15) is 38.3 Å². The Labute approximate surface area is 126 Å². The van der Waals surface area contributed by atoms with Crippen LogP contribution in [0.5, 0.6) is 0 Å². The van der Waals surface area contributed by atoms with E-state index < -0.39 is 0 Å². The number of hydrogen-bond donors (Lipinski definition) is 2. The molecule has 0 bridgehead atoms. The van der Waals surface area contributed by atoms with E-state index in [1.807, 2.05) is 0 Å². The van der Waals surface area contributed by atoms with Crippen LogP contribution in [0.3, 0.4) is 0 Å². The molecule has 4 heteroatoms. The van der Waals surface area contributed by atoms with Crippen LogP contribution in [-0.4, -0.2) is 31.3 Å². The molecule has 20 heavy (non-hydrogen) atoms. The number of hydrogen-bond acceptors (Lipinski definition) is 3. The van der Waals surface area contributed by atoms with Gasteiger partial charge in [0.1, 0.15) is 0 Å². The molecule has 1 fully saturated rings. The lowest BCUT2D eigenvalue weighted by Crippen LogP contribution is -2.21. The Hall–Kier alpha value is -0.770. The molecule has 0 aliphatic carbocycles. The van der Waals surface area contributed by atoms with Crippen molar-refractivity contribution < 1.29 is 5.11 Å². The zero-order valence-electron chi connectivity index (χ0n) is 12.4. The lowest BCUT2D eigenvalue weighted by molar-refractivity contribution is 0.263. The van der Waals surface area contributed by atoms with E-state index in [9.17, 15) is 0 Å². The number of benzene rings is 1. The SMILES string of the molecule is CCNC(C)c1ccc(N2CCC(CCO)C2)c(Cl)c1. The highest BCUT2D eigenvalue weighted by Crippen LogP contribution is 2.33. The Kier molecular flexibility index (Phi) is 5.70. The van der Waals surface area contributed by atoms with Crippen LogP contribution in [0, 0.1) is 5.92 Å². The van der Waals surface area contributed by atoms with Crippen LogP contribution in [0.15, 0.2) is 18.2 Å². The number of aliphatic hydroxyl groups excluding tert-OH is 1. The number of rotatable bonds is 6. The molecule has 112 valence electrons. The summed E-state index contributed by atoms with van der Waals surface area (Å²) < 4.78 is 0. The lowest BCUT2D eigenvalue weighted by Gasteiger charge is -2.22. The van der Waals surface area contributed by atoms with Gasteiger partial charge in [-0.2, -0.15) is 0 Å². The minimum atomic E-state index is 0.283. The first-order valence-electron chi connectivity index (χ1n) is 7.54. The van der Waals surface area contributed by atoms with E-state index >= 15 is 0 Å². The van der Waals surface area contributed by atoms with Crippen molar-refractivity contribution in [3.8, 4) is 0 Å². The second-order valence-corrected chi connectivity index (χ2v) is 6.01. The Morgan fingerprint density at radius 1 is 1.50 bits per heavy atom. The van der Waals surface area contributed by atoms with Crippen molar-refractivity contribution in [3.05, 3.63) is 28.8 Å². The number of halogens is 1. The zero-order chi connectivity index (χ0) is 14.5. The standard InChI is InChI=1S/C16H25ClN2O/c1-3-18-12(2)14-4-5-16(15(17)10-14)19-8-6-13(11-19)7-9-20/h4-5,10,12-13,18,20H,3,6-9,11H2,1-2H3. The van der Waals surface area contributed by atoms with Crippen LogP contribution in [-0.2, 0) is 0 Å². The molecule has 0 saturated carbocycles. The largest absolute Gasteiger partial charge is 0.396 e. The van der Waals surface area contributed by atoms with Gasteiger partial charge in [0.2, 0.25) is 0 Å². The molecule has 1 aliphatic heterocycles. The van der Waals surface area contributed by atoms with Gasteiger partial charge in [0.05, 0.1) is 10.7 Å². The van der Waals surface area contributed by atoms with E-state index in [4.69, 9.17) is 16.7 Å². The molecule has 1 aromatic carbocycles. The third-order valence-corrected chi connectivity index (χ3v) is 4.45. The van der Waals surface area contributed by atoms with Crippen LogP contribution in [0.25, 0.3) is 0 Å². The summed E-state index contributed by atoms with van der Waals surface area (Å²) in [5.41, 5.74) is 2.35. The van der Waals surface area contributed by atoms with Gasteiger partial charge in [0.15, 0.2) is 0 Å². The zero-order valence-corrected chi connectivity index (χ0v) is 13.2. The molecule has 2 rings (SSSR count). The maximum Gasteiger partial charge on any atom is 0.0642 e. The summed E-state index contributed by atoms with van der Waals surface area (Å²) in [7, 11) is 0. The predicted molar refractivity (Wildman–Crippen MR) is 85.6 cm³/mol. The Morgan fingerprint density at radius 3 is 2.95 bits per heavy atom. The van der Waals surface area contributed by atoms with Crippen molar-refractivity contribution in [1.29, 1.82) is 0 Å². The van der Waals surface area contributed by atoms with E-state index in [1.165, 1.54) is 5.56 Å². The third-order valence-electron chi connectivity index (χ3n) is 4.15. The quantitative estimate of drug-likeness (QED) is 0.846. The van der Waals surface area contributed by atoms with Gasteiger partial charge < -0.3 is 15.3 Å². The first-order valence-corrected chi connectivity index (χ1v) is 7.92. The van der Waals surface area contributed by atoms with Crippen molar-refractivity contribution in [3.63, 3.8) is 0 Å². The number of anilines is 1. The van der Waals surface area contributed by atoms with E-state index in [0.29, 0.717) is 12.0 Å². The average molecular weight is 297 g/mol. The van der Waals surface area contributed by atoms with Crippen molar-refractivity contribution in [2.24, 2.45) is 5.92 Å². The van der Waals surface area contributed by atoms with Crippen LogP contribution >= 0.6 is 11.6 Å². The van der Waals surface area contributed by atoms with Gasteiger partial charge in [-0.05, 0) is 49.9 Å². The molecule has 0 spiro atoms. The molecule has 0 radical (unpaired) electrons. The topological polar surface area (TPSA) is 35.5 Å². The van der Waals surface area contributed by atoms with Crippen molar-refractivity contribution in [2.75, 3.05) is 31.1 Å². The fourth-order valence-electron chi connectivity index (χ4n) is 2.94. The molecule has 1 aliphatic rings. The van der Waals surface area contributed by atoms with Gasteiger partial charge in [0.25, 0.3) is 0 Å². The summed E-state index contributed by atoms with van der Waals surface area (Å²) >= 11 is 6.46. The molecule has 0 aromatic heterocycles. The first kappa shape index (κ1) is 15.6. The summed E-state index contributed by atoms with van der Waals surface area (Å²) in [6.07, 6.45) is 2.04. The molecular weight excluding hydrogens is 272 g/mol. The molecule has 3 nitrogen and oxygen atoms in total. The van der Waals surface area contributed by atoms with E-state index in [2.05, 4.69) is 42.3 Å². The van der Waals surface area contributed by atoms with E-state index in [-0.39, 0.29) is 6.61 Å². The van der Waals surface area contributed by atoms with Crippen molar-refractivity contribution in [1.82, 2.24) is 5.32 Å². The van der Waals surface area contributed by atoms with Gasteiger partial charge in [-0.15, -0.1) is 0 Å². The van der Waals surface area contributed by atoms with E-state index in [1.54, 1.807) is 0 Å². The molecule has 2 N–H and O–H groups in total. The summed E-state index contributed by atoms with van der Waals surface area (Å²) in [4.78, 5) is 2.34. The maximum atomic E-state index is 9.03. The highest BCUT2D eigenvalue weighted by Gasteiger charge is 2.23. The smallest absolute Gasteiger partial charge is 0.0642 e. The maximum absolute atomic E-state index is 9.03. The van der Waals surface area contributed by atoms with Crippen LogP contribution in [0.4, 0.5) is 5.69 Å². The van der Waals surface area contributed by atoms with Gasteiger partial charge in [-0.25, -0.2) is 0 Å². The Balaban J connectivity index is 2.06. The monoisotopic (exact) mass is 296 g/mol. The summed E-state index contributed by atoms with van der Waals surface area (Å²) in [5.74, 6) is 0.594. The molecule has 2 atom stereocenters. The first-order chi connectivity index (χ1) is 9.65. The van der Waals surface area contributed by atoms with Gasteiger partial charge >= 0.3 is 0 Å². The third kappa shape index (κ3) is 3.66. The van der Waals surface area contributed by atoms with E-state index in [0.717, 1.165) is 43.2 Å². The Morgan fingerprint density at radius 2 is 2.30 bits per heavy atom. The minimum Gasteiger partial charge on any atom is -0.396 e. The number of aliphatic hydroxyl groups is 1. The minimum absolute atomic E-state index is 0.283. The van der Waals surface area contributed by atoms with Crippen molar-refractivity contribution >= 4 is 17.3 Å². The second kappa shape index (κ2) is 7.30. The molecule has 1 saturated heterocycles. The normalized spacial score (nSPS) is 20.4. The highest BCUT2D eigenvalue weighted by molar-refractivity contribution is 6.33. The van der Waals surface area contributed by atoms with Gasteiger partial charge in [-0.3, -0.25) is 0 Å². The van der Waals surface area contributed by atoms with Crippen LogP contribution in [0.2, 0.25) is 5.02 Å². The molecule has 1 aromatic rings. The van der Waals surface area contributed by atoms with Crippen molar-refractivity contribution in [2.45, 2.75) is 32.7 Å². The summed E-state index contributed by atoms with van der Waals surface area (Å²) in [6.45, 7) is 7.54. The fraction of sp³-hybridized carbons (Fsp3) is 0.625. The Bertz CT molecular complexity index is 438. The molecule has 0 amide bonds. The highest BCUT2D eigenvalue weighted by atomic mass is 35.5. The molecular formula is C16H25ClN2O. The predicted octanol–water partition coefficient (Wildman–Crippen LogP) is 3.22. The van der Waals surface area contributed by atoms with Gasteiger partial charge in [-0.1, -0.05) is 24.6 Å². The lowest BCUT2D eigenvalue weighted by atomic mass is 10.1. The summed E-state index contributed by atoms with van der Waals surface area (Å²) in [6, 6.07) is 6.69. The number of nitrogens with zero attached hydrogens (tertiary/aromatic N) is 1. The average Bonchev–Trinajstić information content (AvgIpc) is 2.87. The van der Waals surface area contributed by atoms with Crippen LogP contribution < -0.4 is 10.2 Å². The fourth-order valence-corrected chi connectivity index (χ4v) is 3.25. The van der Waals surface area contributed by atoms with Gasteiger partial charge in [0, 0.05) is 25.7 Å². The second-order valence-electron chi connectivity index (χ2n) is 5.60. The number of nitrogens with one attached hydrogen (secondary N) is 1. The summed E-state index contributed by atoms with van der Waals surface area (Å²) in [5, 5.41) is 13.3. The molecule has 1 heterocycles.